The molecule has 0 aromatic heterocycles. The van der Waals surface area contributed by atoms with Crippen LogP contribution in [0.1, 0.15) is 43.1 Å². The fourth-order valence-corrected chi connectivity index (χ4v) is 2.69. The molecule has 6 nitrogen and oxygen atoms in total. The van der Waals surface area contributed by atoms with E-state index in [2.05, 4.69) is 5.32 Å². The Bertz CT molecular complexity index is 846. The van der Waals surface area contributed by atoms with Crippen LogP contribution in [0.4, 0.5) is 5.69 Å². The normalized spacial score (nSPS) is 11.4. The van der Waals surface area contributed by atoms with Gasteiger partial charge in [0.1, 0.15) is 5.75 Å². The van der Waals surface area contributed by atoms with Crippen molar-refractivity contribution in [3.8, 4) is 5.75 Å². The van der Waals surface area contributed by atoms with Gasteiger partial charge in [0.15, 0.2) is 11.9 Å². The van der Waals surface area contributed by atoms with Gasteiger partial charge >= 0.3 is 5.97 Å². The number of carbonyl (C=O) groups is 3. The maximum absolute atomic E-state index is 12.3. The third-order valence-electron chi connectivity index (χ3n) is 4.11. The third kappa shape index (κ3) is 5.94. The van der Waals surface area contributed by atoms with Crippen molar-refractivity contribution in [3.63, 3.8) is 0 Å². The number of Topliss-reactive ketones (excluding diaryl/α,β-unsaturated/α-hetero) is 1. The second-order valence-electron chi connectivity index (χ2n) is 6.26. The van der Waals surface area contributed by atoms with Gasteiger partial charge in [-0.3, -0.25) is 14.4 Å². The summed E-state index contributed by atoms with van der Waals surface area (Å²) in [6, 6.07) is 14.2. The highest BCUT2D eigenvalue weighted by molar-refractivity contribution is 6.04. The van der Waals surface area contributed by atoms with Gasteiger partial charge in [0.2, 0.25) is 0 Å². The van der Waals surface area contributed by atoms with E-state index < -0.39 is 18.0 Å². The monoisotopic (exact) mass is 383 g/mol. The summed E-state index contributed by atoms with van der Waals surface area (Å²) in [5.74, 6) is -0.386. The molecule has 0 heterocycles. The molecule has 0 bridgehead atoms. The Labute approximate surface area is 164 Å². The summed E-state index contributed by atoms with van der Waals surface area (Å²) in [6.07, 6.45) is -0.392. The van der Waals surface area contributed by atoms with Crippen LogP contribution in [-0.2, 0) is 20.7 Å². The Hall–Kier alpha value is -3.15. The highest BCUT2D eigenvalue weighted by Crippen LogP contribution is 2.20. The van der Waals surface area contributed by atoms with Crippen molar-refractivity contribution in [2.75, 3.05) is 11.9 Å². The highest BCUT2D eigenvalue weighted by atomic mass is 16.5. The van der Waals surface area contributed by atoms with E-state index in [4.69, 9.17) is 9.47 Å². The molecule has 148 valence electrons. The predicted molar refractivity (Wildman–Crippen MR) is 107 cm³/mol. The Morgan fingerprint density at radius 3 is 2.43 bits per heavy atom. The van der Waals surface area contributed by atoms with Crippen LogP contribution in [0.2, 0.25) is 0 Å². The van der Waals surface area contributed by atoms with E-state index >= 15 is 0 Å². The third-order valence-corrected chi connectivity index (χ3v) is 4.11. The Morgan fingerprint density at radius 2 is 1.71 bits per heavy atom. The van der Waals surface area contributed by atoms with Crippen LogP contribution in [0.5, 0.6) is 5.75 Å². The minimum absolute atomic E-state index is 0.131. The number of ether oxygens (including phenoxy) is 2. The topological polar surface area (TPSA) is 81.7 Å². The molecular weight excluding hydrogens is 358 g/mol. The zero-order valence-corrected chi connectivity index (χ0v) is 16.4. The molecule has 0 aliphatic heterocycles. The van der Waals surface area contributed by atoms with Crippen molar-refractivity contribution in [2.24, 2.45) is 0 Å². The van der Waals surface area contributed by atoms with Gasteiger partial charge in [0.25, 0.3) is 5.91 Å². The lowest BCUT2D eigenvalue weighted by Crippen LogP contribution is -2.30. The minimum Gasteiger partial charge on any atom is -0.494 e. The standard InChI is InChI=1S/C22H25NO5/c1-4-27-20-12-8-5-9-17(20)13-14-21(25)28-16(3)22(26)23-19-11-7-6-10-18(19)15(2)24/h5-12,16H,4,13-14H2,1-3H3,(H,23,26)/t16-/m0/s1. The first-order chi connectivity index (χ1) is 13.4. The average molecular weight is 383 g/mol. The van der Waals surface area contributed by atoms with Crippen molar-refractivity contribution in [1.82, 2.24) is 0 Å². The maximum atomic E-state index is 12.3. The second-order valence-corrected chi connectivity index (χ2v) is 6.26. The van der Waals surface area contributed by atoms with Crippen LogP contribution in [0.15, 0.2) is 48.5 Å². The van der Waals surface area contributed by atoms with Gasteiger partial charge in [0.05, 0.1) is 12.3 Å². The number of hydrogen-bond acceptors (Lipinski definition) is 5. The molecule has 0 fully saturated rings. The number of aryl methyl sites for hydroxylation is 1. The number of hydrogen-bond donors (Lipinski definition) is 1. The second kappa shape index (κ2) is 10.3. The van der Waals surface area contributed by atoms with E-state index in [9.17, 15) is 14.4 Å². The number of anilines is 1. The van der Waals surface area contributed by atoms with Crippen molar-refractivity contribution in [2.45, 2.75) is 39.7 Å². The van der Waals surface area contributed by atoms with Gasteiger partial charge in [-0.25, -0.2) is 0 Å². The number of amides is 1. The van der Waals surface area contributed by atoms with Crippen LogP contribution >= 0.6 is 0 Å². The summed E-state index contributed by atoms with van der Waals surface area (Å²) in [7, 11) is 0. The molecule has 2 aromatic rings. The highest BCUT2D eigenvalue weighted by Gasteiger charge is 2.19. The molecule has 2 aromatic carbocycles. The van der Waals surface area contributed by atoms with Crippen LogP contribution in [0.25, 0.3) is 0 Å². The van der Waals surface area contributed by atoms with Crippen LogP contribution in [0, 0.1) is 0 Å². The lowest BCUT2D eigenvalue weighted by Gasteiger charge is -2.15. The van der Waals surface area contributed by atoms with E-state index in [1.807, 2.05) is 31.2 Å². The molecule has 0 aliphatic carbocycles. The van der Waals surface area contributed by atoms with Gasteiger partial charge in [-0.2, -0.15) is 0 Å². The number of ketones is 1. The average Bonchev–Trinajstić information content (AvgIpc) is 2.67. The number of esters is 1. The van der Waals surface area contributed by atoms with Gasteiger partial charge in [-0.15, -0.1) is 0 Å². The summed E-state index contributed by atoms with van der Waals surface area (Å²) >= 11 is 0. The minimum atomic E-state index is -0.977. The van der Waals surface area contributed by atoms with Crippen molar-refractivity contribution in [3.05, 3.63) is 59.7 Å². The molecule has 28 heavy (non-hydrogen) atoms. The predicted octanol–water partition coefficient (Wildman–Crippen LogP) is 3.79. The SMILES string of the molecule is CCOc1ccccc1CCC(=O)O[C@@H](C)C(=O)Nc1ccccc1C(C)=O. The first kappa shape index (κ1) is 21.2. The molecule has 0 saturated carbocycles. The molecule has 0 unspecified atom stereocenters. The molecule has 0 saturated heterocycles. The van der Waals surface area contributed by atoms with E-state index in [-0.39, 0.29) is 12.2 Å². The molecule has 2 rings (SSSR count). The van der Waals surface area contributed by atoms with E-state index in [0.29, 0.717) is 24.3 Å². The lowest BCUT2D eigenvalue weighted by molar-refractivity contribution is -0.153. The van der Waals surface area contributed by atoms with Gasteiger partial charge in [-0.05, 0) is 51.0 Å². The van der Waals surface area contributed by atoms with Crippen molar-refractivity contribution in [1.29, 1.82) is 0 Å². The fraction of sp³-hybridized carbons (Fsp3) is 0.318. The first-order valence-electron chi connectivity index (χ1n) is 9.23. The van der Waals surface area contributed by atoms with Crippen molar-refractivity contribution >= 4 is 23.3 Å². The Morgan fingerprint density at radius 1 is 1.04 bits per heavy atom. The Balaban J connectivity index is 1.90. The maximum Gasteiger partial charge on any atom is 0.306 e. The molecule has 0 radical (unpaired) electrons. The zero-order chi connectivity index (χ0) is 20.5. The quantitative estimate of drug-likeness (QED) is 0.526. The van der Waals surface area contributed by atoms with Crippen molar-refractivity contribution < 1.29 is 23.9 Å². The molecule has 1 N–H and O–H groups in total. The molecule has 0 aliphatic rings. The number of para-hydroxylation sites is 2. The van der Waals surface area contributed by atoms with Crippen LogP contribution in [-0.4, -0.2) is 30.4 Å². The van der Waals surface area contributed by atoms with E-state index in [1.165, 1.54) is 13.8 Å². The largest absolute Gasteiger partial charge is 0.494 e. The molecule has 6 heteroatoms. The number of rotatable bonds is 9. The molecule has 0 spiro atoms. The summed E-state index contributed by atoms with van der Waals surface area (Å²) in [6.45, 7) is 5.36. The van der Waals surface area contributed by atoms with E-state index in [0.717, 1.165) is 11.3 Å². The summed E-state index contributed by atoms with van der Waals surface area (Å²) in [5, 5.41) is 2.64. The fourth-order valence-electron chi connectivity index (χ4n) is 2.69. The summed E-state index contributed by atoms with van der Waals surface area (Å²) in [5.41, 5.74) is 1.71. The van der Waals surface area contributed by atoms with Gasteiger partial charge < -0.3 is 14.8 Å². The van der Waals surface area contributed by atoms with E-state index in [1.54, 1.807) is 24.3 Å². The first-order valence-corrected chi connectivity index (χ1v) is 9.23. The van der Waals surface area contributed by atoms with Crippen LogP contribution < -0.4 is 10.1 Å². The Kier molecular flexibility index (Phi) is 7.75. The van der Waals surface area contributed by atoms with Crippen LogP contribution in [0.3, 0.4) is 0 Å². The summed E-state index contributed by atoms with van der Waals surface area (Å²) in [4.78, 5) is 36.1. The summed E-state index contributed by atoms with van der Waals surface area (Å²) < 4.78 is 10.8. The number of benzene rings is 2. The lowest BCUT2D eigenvalue weighted by atomic mass is 10.1. The molecule has 1 atom stereocenters. The van der Waals surface area contributed by atoms with Gasteiger partial charge in [-0.1, -0.05) is 30.3 Å². The molecular formula is C22H25NO5. The van der Waals surface area contributed by atoms with Gasteiger partial charge in [0, 0.05) is 12.0 Å². The zero-order valence-electron chi connectivity index (χ0n) is 16.4. The molecule has 1 amide bonds. The number of nitrogens with one attached hydrogen (secondary N) is 1. The number of carbonyl (C=O) groups excluding carboxylic acids is 3. The smallest absolute Gasteiger partial charge is 0.306 e.